The summed E-state index contributed by atoms with van der Waals surface area (Å²) in [6.45, 7) is 4.33. The van der Waals surface area contributed by atoms with Gasteiger partial charge in [0.1, 0.15) is 0 Å². The molecule has 1 saturated carbocycles. The Morgan fingerprint density at radius 3 is 2.73 bits per heavy atom. The fourth-order valence-electron chi connectivity index (χ4n) is 2.98. The van der Waals surface area contributed by atoms with E-state index in [4.69, 9.17) is 9.47 Å². The minimum absolute atomic E-state index is 0. The van der Waals surface area contributed by atoms with E-state index in [0.717, 1.165) is 51.8 Å². The van der Waals surface area contributed by atoms with Gasteiger partial charge < -0.3 is 20.1 Å². The first-order chi connectivity index (χ1) is 10.4. The number of aliphatic imine (C=N–C) groups is 1. The van der Waals surface area contributed by atoms with Gasteiger partial charge in [-0.1, -0.05) is 19.3 Å². The fraction of sp³-hybridized carbons (Fsp3) is 0.938. The van der Waals surface area contributed by atoms with Gasteiger partial charge in [-0.3, -0.25) is 4.99 Å². The average Bonchev–Trinajstić information content (AvgIpc) is 3.04. The molecular weight excluding hydrogens is 393 g/mol. The van der Waals surface area contributed by atoms with E-state index in [0.29, 0.717) is 12.0 Å². The topological polar surface area (TPSA) is 54.9 Å². The minimum Gasteiger partial charge on any atom is -0.381 e. The first-order valence-corrected chi connectivity index (χ1v) is 8.51. The Labute approximate surface area is 152 Å². The number of nitrogens with one attached hydrogen (secondary N) is 2. The summed E-state index contributed by atoms with van der Waals surface area (Å²) in [5, 5.41) is 6.90. The van der Waals surface area contributed by atoms with Crippen molar-refractivity contribution < 1.29 is 9.47 Å². The summed E-state index contributed by atoms with van der Waals surface area (Å²) in [7, 11) is 1.84. The van der Waals surface area contributed by atoms with E-state index in [9.17, 15) is 0 Å². The lowest BCUT2D eigenvalue weighted by molar-refractivity contribution is 0.0888. The second-order valence-corrected chi connectivity index (χ2v) is 6.14. The number of halogens is 1. The zero-order valence-electron chi connectivity index (χ0n) is 13.8. The Morgan fingerprint density at radius 2 is 2.05 bits per heavy atom. The zero-order valence-corrected chi connectivity index (χ0v) is 16.1. The van der Waals surface area contributed by atoms with Crippen molar-refractivity contribution >= 4 is 29.9 Å². The molecule has 0 bridgehead atoms. The van der Waals surface area contributed by atoms with Gasteiger partial charge in [-0.2, -0.15) is 0 Å². The molecule has 2 aliphatic rings. The third-order valence-electron chi connectivity index (χ3n) is 4.31. The normalized spacial score (nSPS) is 23.1. The van der Waals surface area contributed by atoms with Crippen LogP contribution >= 0.6 is 24.0 Å². The van der Waals surface area contributed by atoms with Crippen molar-refractivity contribution in [3.8, 4) is 0 Å². The largest absolute Gasteiger partial charge is 0.381 e. The Hall–Kier alpha value is -0.0800. The van der Waals surface area contributed by atoms with E-state index < -0.39 is 0 Å². The number of rotatable bonds is 7. The van der Waals surface area contributed by atoms with Crippen LogP contribution in [0, 0.1) is 5.92 Å². The summed E-state index contributed by atoms with van der Waals surface area (Å²) in [6.07, 6.45) is 8.77. The maximum atomic E-state index is 5.70. The highest BCUT2D eigenvalue weighted by molar-refractivity contribution is 14.0. The van der Waals surface area contributed by atoms with Crippen LogP contribution in [0.2, 0.25) is 0 Å². The van der Waals surface area contributed by atoms with Crippen LogP contribution in [0.25, 0.3) is 0 Å². The van der Waals surface area contributed by atoms with Crippen molar-refractivity contribution in [2.45, 2.75) is 51.0 Å². The molecule has 130 valence electrons. The molecule has 1 aliphatic heterocycles. The lowest BCUT2D eigenvalue weighted by Gasteiger charge is -2.24. The monoisotopic (exact) mass is 425 g/mol. The Morgan fingerprint density at radius 1 is 1.23 bits per heavy atom. The van der Waals surface area contributed by atoms with Gasteiger partial charge in [0.2, 0.25) is 0 Å². The highest BCUT2D eigenvalue weighted by Gasteiger charge is 2.15. The van der Waals surface area contributed by atoms with E-state index in [-0.39, 0.29) is 24.0 Å². The van der Waals surface area contributed by atoms with Gasteiger partial charge in [-0.05, 0) is 25.7 Å². The summed E-state index contributed by atoms with van der Waals surface area (Å²) in [4.78, 5) is 4.30. The van der Waals surface area contributed by atoms with E-state index in [1.54, 1.807) is 0 Å². The zero-order chi connectivity index (χ0) is 14.8. The van der Waals surface area contributed by atoms with Crippen LogP contribution < -0.4 is 10.6 Å². The predicted octanol–water partition coefficient (Wildman–Crippen LogP) is 2.55. The van der Waals surface area contributed by atoms with Crippen LogP contribution in [0.1, 0.15) is 44.9 Å². The molecule has 0 spiro atoms. The number of ether oxygens (including phenoxy) is 2. The van der Waals surface area contributed by atoms with Crippen LogP contribution in [0.15, 0.2) is 4.99 Å². The second-order valence-electron chi connectivity index (χ2n) is 6.14. The predicted molar refractivity (Wildman–Crippen MR) is 101 cm³/mol. The lowest BCUT2D eigenvalue weighted by atomic mass is 9.96. The van der Waals surface area contributed by atoms with Gasteiger partial charge in [0, 0.05) is 38.8 Å². The Kier molecular flexibility index (Phi) is 11.2. The van der Waals surface area contributed by atoms with Crippen molar-refractivity contribution in [2.75, 3.05) is 40.0 Å². The standard InChI is InChI=1S/C16H31N3O2.HI/c1-17-16(19-15-6-3-2-4-7-15)18-9-5-10-20-12-14-8-11-21-13-14;/h14-15H,2-13H2,1H3,(H2,17,18,19);1H. The van der Waals surface area contributed by atoms with Gasteiger partial charge in [0.05, 0.1) is 13.2 Å². The van der Waals surface area contributed by atoms with Gasteiger partial charge in [0.25, 0.3) is 0 Å². The molecule has 1 unspecified atom stereocenters. The molecule has 2 fully saturated rings. The number of hydrogen-bond donors (Lipinski definition) is 2. The molecule has 1 aliphatic carbocycles. The quantitative estimate of drug-likeness (QED) is 0.285. The minimum atomic E-state index is 0. The van der Waals surface area contributed by atoms with E-state index in [2.05, 4.69) is 15.6 Å². The molecule has 1 atom stereocenters. The van der Waals surface area contributed by atoms with Gasteiger partial charge in [-0.15, -0.1) is 24.0 Å². The summed E-state index contributed by atoms with van der Waals surface area (Å²) in [5.74, 6) is 1.55. The molecule has 2 rings (SSSR count). The van der Waals surface area contributed by atoms with E-state index >= 15 is 0 Å². The number of guanidine groups is 1. The number of hydrogen-bond acceptors (Lipinski definition) is 3. The molecule has 0 aromatic rings. The number of nitrogens with zero attached hydrogens (tertiary/aromatic N) is 1. The lowest BCUT2D eigenvalue weighted by Crippen LogP contribution is -2.44. The van der Waals surface area contributed by atoms with Gasteiger partial charge >= 0.3 is 0 Å². The van der Waals surface area contributed by atoms with E-state index in [1.807, 2.05) is 7.05 Å². The highest BCUT2D eigenvalue weighted by atomic mass is 127. The molecule has 1 saturated heterocycles. The summed E-state index contributed by atoms with van der Waals surface area (Å²) in [5.41, 5.74) is 0. The van der Waals surface area contributed by atoms with Crippen molar-refractivity contribution in [1.82, 2.24) is 10.6 Å². The second kappa shape index (κ2) is 12.4. The van der Waals surface area contributed by atoms with Crippen LogP contribution in [0.3, 0.4) is 0 Å². The first kappa shape index (κ1) is 20.0. The molecular formula is C16H32IN3O2. The summed E-state index contributed by atoms with van der Waals surface area (Å²) >= 11 is 0. The van der Waals surface area contributed by atoms with Crippen molar-refractivity contribution in [3.05, 3.63) is 0 Å². The smallest absolute Gasteiger partial charge is 0.191 e. The van der Waals surface area contributed by atoms with Crippen LogP contribution in [-0.2, 0) is 9.47 Å². The molecule has 0 aromatic heterocycles. The molecule has 0 amide bonds. The van der Waals surface area contributed by atoms with Crippen molar-refractivity contribution in [2.24, 2.45) is 10.9 Å². The molecule has 5 nitrogen and oxygen atoms in total. The third-order valence-corrected chi connectivity index (χ3v) is 4.31. The Balaban J connectivity index is 0.00000242. The van der Waals surface area contributed by atoms with Crippen molar-refractivity contribution in [1.29, 1.82) is 0 Å². The van der Waals surface area contributed by atoms with Crippen LogP contribution in [-0.4, -0.2) is 52.0 Å². The third kappa shape index (κ3) is 7.97. The molecule has 2 N–H and O–H groups in total. The first-order valence-electron chi connectivity index (χ1n) is 8.51. The molecule has 0 radical (unpaired) electrons. The maximum absolute atomic E-state index is 5.70. The fourth-order valence-corrected chi connectivity index (χ4v) is 2.98. The van der Waals surface area contributed by atoms with Crippen molar-refractivity contribution in [3.63, 3.8) is 0 Å². The molecule has 0 aromatic carbocycles. The van der Waals surface area contributed by atoms with E-state index in [1.165, 1.54) is 32.1 Å². The van der Waals surface area contributed by atoms with Gasteiger partial charge in [-0.25, -0.2) is 0 Å². The van der Waals surface area contributed by atoms with Gasteiger partial charge in [0.15, 0.2) is 5.96 Å². The SMILES string of the molecule is CN=C(NCCCOCC1CCOC1)NC1CCCCC1.I. The van der Waals surface area contributed by atoms with Crippen LogP contribution in [0.4, 0.5) is 0 Å². The van der Waals surface area contributed by atoms with Crippen LogP contribution in [0.5, 0.6) is 0 Å². The highest BCUT2D eigenvalue weighted by Crippen LogP contribution is 2.17. The molecule has 6 heteroatoms. The summed E-state index contributed by atoms with van der Waals surface area (Å²) in [6, 6.07) is 0.601. The molecule has 1 heterocycles. The Bertz CT molecular complexity index is 304. The summed E-state index contributed by atoms with van der Waals surface area (Å²) < 4.78 is 11.0. The molecule has 22 heavy (non-hydrogen) atoms. The average molecular weight is 425 g/mol. The maximum Gasteiger partial charge on any atom is 0.191 e.